The molecule has 1 aromatic rings. The molecule has 0 unspecified atom stereocenters. The summed E-state index contributed by atoms with van der Waals surface area (Å²) in [5, 5.41) is 0. The van der Waals surface area contributed by atoms with Crippen LogP contribution in [0.5, 0.6) is 0 Å². The lowest BCUT2D eigenvalue weighted by molar-refractivity contribution is 0.521. The van der Waals surface area contributed by atoms with Gasteiger partial charge in [-0.3, -0.25) is 0 Å². The second-order valence-electron chi connectivity index (χ2n) is 4.85. The Morgan fingerprint density at radius 1 is 1.22 bits per heavy atom. The first kappa shape index (κ1) is 13.2. The van der Waals surface area contributed by atoms with E-state index in [-0.39, 0.29) is 4.90 Å². The third-order valence-corrected chi connectivity index (χ3v) is 5.07. The van der Waals surface area contributed by atoms with Gasteiger partial charge in [0.25, 0.3) is 0 Å². The summed E-state index contributed by atoms with van der Waals surface area (Å²) in [4.78, 5) is 2.34. The van der Waals surface area contributed by atoms with Crippen molar-refractivity contribution in [3.63, 3.8) is 0 Å². The van der Waals surface area contributed by atoms with Gasteiger partial charge in [-0.2, -0.15) is 0 Å². The van der Waals surface area contributed by atoms with Crippen LogP contribution in [0, 0.1) is 0 Å². The molecule has 1 fully saturated rings. The molecule has 0 bridgehead atoms. The molecule has 2 N–H and O–H groups in total. The molecule has 0 saturated heterocycles. The Kier molecular flexibility index (Phi) is 3.25. The number of sulfonamides is 1. The molecule has 0 heterocycles. The molecular formula is C12H19N3O2S. The fraction of sp³-hybridized carbons (Fsp3) is 0.500. The van der Waals surface area contributed by atoms with Crippen LogP contribution in [-0.4, -0.2) is 39.9 Å². The maximum Gasteiger partial charge on any atom is 0.242 e. The Bertz CT molecular complexity index is 550. The van der Waals surface area contributed by atoms with Crippen molar-refractivity contribution in [2.45, 2.75) is 23.8 Å². The average Bonchev–Trinajstić information content (AvgIpc) is 3.12. The minimum absolute atomic E-state index is 0.282. The first-order valence-corrected chi connectivity index (χ1v) is 7.33. The van der Waals surface area contributed by atoms with Crippen molar-refractivity contribution in [1.82, 2.24) is 4.31 Å². The molecular weight excluding hydrogens is 250 g/mol. The molecule has 0 radical (unpaired) electrons. The van der Waals surface area contributed by atoms with Crippen LogP contribution in [0.4, 0.5) is 11.4 Å². The van der Waals surface area contributed by atoms with E-state index in [4.69, 9.17) is 5.73 Å². The molecule has 2 rings (SSSR count). The van der Waals surface area contributed by atoms with Crippen molar-refractivity contribution < 1.29 is 8.42 Å². The number of benzene rings is 1. The van der Waals surface area contributed by atoms with E-state index in [9.17, 15) is 8.42 Å². The minimum atomic E-state index is -3.40. The number of nitrogen functional groups attached to an aromatic ring is 1. The van der Waals surface area contributed by atoms with Gasteiger partial charge in [0, 0.05) is 27.2 Å². The Morgan fingerprint density at radius 2 is 1.83 bits per heavy atom. The van der Waals surface area contributed by atoms with Crippen molar-refractivity contribution >= 4 is 21.4 Å². The zero-order valence-electron chi connectivity index (χ0n) is 10.9. The standard InChI is InChI=1S/C12H19N3O2S/c1-14(2)18(16,17)10-6-7-11(13)12(8-10)15(3)9-4-5-9/h6-9H,4-5,13H2,1-3H3. The van der Waals surface area contributed by atoms with Crippen LogP contribution in [0.2, 0.25) is 0 Å². The van der Waals surface area contributed by atoms with E-state index >= 15 is 0 Å². The van der Waals surface area contributed by atoms with E-state index in [0.717, 1.165) is 18.5 Å². The Labute approximate surface area is 108 Å². The van der Waals surface area contributed by atoms with Gasteiger partial charge in [-0.25, -0.2) is 12.7 Å². The Morgan fingerprint density at radius 3 is 2.33 bits per heavy atom. The summed E-state index contributed by atoms with van der Waals surface area (Å²) in [5.74, 6) is 0. The van der Waals surface area contributed by atoms with Gasteiger partial charge in [-0.05, 0) is 31.0 Å². The average molecular weight is 269 g/mol. The summed E-state index contributed by atoms with van der Waals surface area (Å²) >= 11 is 0. The molecule has 0 amide bonds. The highest BCUT2D eigenvalue weighted by atomic mass is 32.2. The number of hydrogen-bond acceptors (Lipinski definition) is 4. The summed E-state index contributed by atoms with van der Waals surface area (Å²) in [6.07, 6.45) is 2.28. The molecule has 1 saturated carbocycles. The highest BCUT2D eigenvalue weighted by Crippen LogP contribution is 2.34. The Balaban J connectivity index is 2.43. The molecule has 0 aliphatic heterocycles. The molecule has 0 aromatic heterocycles. The quantitative estimate of drug-likeness (QED) is 0.832. The van der Waals surface area contributed by atoms with Crippen LogP contribution in [0.15, 0.2) is 23.1 Å². The van der Waals surface area contributed by atoms with Gasteiger partial charge in [0.1, 0.15) is 0 Å². The second-order valence-corrected chi connectivity index (χ2v) is 7.00. The maximum absolute atomic E-state index is 12.1. The van der Waals surface area contributed by atoms with E-state index in [2.05, 4.69) is 4.90 Å². The number of hydrogen-bond donors (Lipinski definition) is 1. The van der Waals surface area contributed by atoms with Gasteiger partial charge in [0.15, 0.2) is 0 Å². The van der Waals surface area contributed by atoms with E-state index in [0.29, 0.717) is 11.7 Å². The first-order valence-electron chi connectivity index (χ1n) is 5.89. The monoisotopic (exact) mass is 269 g/mol. The third kappa shape index (κ3) is 2.30. The Hall–Kier alpha value is -1.27. The van der Waals surface area contributed by atoms with Crippen LogP contribution < -0.4 is 10.6 Å². The van der Waals surface area contributed by atoms with Gasteiger partial charge in [-0.1, -0.05) is 0 Å². The van der Waals surface area contributed by atoms with Crippen molar-refractivity contribution in [2.75, 3.05) is 31.8 Å². The van der Waals surface area contributed by atoms with E-state index in [1.54, 1.807) is 18.2 Å². The van der Waals surface area contributed by atoms with Crippen LogP contribution in [0.3, 0.4) is 0 Å². The van der Waals surface area contributed by atoms with Crippen molar-refractivity contribution in [1.29, 1.82) is 0 Å². The predicted octanol–water partition coefficient (Wildman–Crippen LogP) is 1.12. The fourth-order valence-corrected chi connectivity index (χ4v) is 2.78. The molecule has 6 heteroatoms. The smallest absolute Gasteiger partial charge is 0.242 e. The number of nitrogens with zero attached hydrogens (tertiary/aromatic N) is 2. The topological polar surface area (TPSA) is 66.6 Å². The SMILES string of the molecule is CN(c1cc(S(=O)(=O)N(C)C)ccc1N)C1CC1. The summed E-state index contributed by atoms with van der Waals surface area (Å²) in [6, 6.07) is 5.35. The molecule has 0 spiro atoms. The molecule has 1 aliphatic rings. The van der Waals surface area contributed by atoms with Crippen molar-refractivity contribution in [3.8, 4) is 0 Å². The zero-order valence-corrected chi connectivity index (χ0v) is 11.7. The second kappa shape index (κ2) is 4.44. The normalized spacial score (nSPS) is 16.0. The van der Waals surface area contributed by atoms with Crippen LogP contribution in [0.1, 0.15) is 12.8 Å². The van der Waals surface area contributed by atoms with Crippen molar-refractivity contribution in [3.05, 3.63) is 18.2 Å². The lowest BCUT2D eigenvalue weighted by Crippen LogP contribution is -2.24. The number of rotatable bonds is 4. The van der Waals surface area contributed by atoms with Gasteiger partial charge >= 0.3 is 0 Å². The lowest BCUT2D eigenvalue weighted by Gasteiger charge is -2.22. The minimum Gasteiger partial charge on any atom is -0.397 e. The lowest BCUT2D eigenvalue weighted by atomic mass is 10.2. The zero-order chi connectivity index (χ0) is 13.5. The molecule has 1 aliphatic carbocycles. The molecule has 100 valence electrons. The van der Waals surface area contributed by atoms with Crippen LogP contribution in [0.25, 0.3) is 0 Å². The summed E-state index contributed by atoms with van der Waals surface area (Å²) in [5.41, 5.74) is 7.33. The largest absolute Gasteiger partial charge is 0.397 e. The summed E-state index contributed by atoms with van der Waals surface area (Å²) < 4.78 is 25.3. The highest BCUT2D eigenvalue weighted by Gasteiger charge is 2.28. The first-order chi connectivity index (χ1) is 8.34. The van der Waals surface area contributed by atoms with Crippen molar-refractivity contribution in [2.24, 2.45) is 0 Å². The molecule has 18 heavy (non-hydrogen) atoms. The van der Waals surface area contributed by atoms with E-state index in [1.807, 2.05) is 7.05 Å². The van der Waals surface area contributed by atoms with Gasteiger partial charge < -0.3 is 10.6 Å². The summed E-state index contributed by atoms with van der Waals surface area (Å²) in [7, 11) is 1.60. The molecule has 5 nitrogen and oxygen atoms in total. The molecule has 0 atom stereocenters. The number of nitrogens with two attached hydrogens (primary N) is 1. The highest BCUT2D eigenvalue weighted by molar-refractivity contribution is 7.89. The van der Waals surface area contributed by atoms with Crippen LogP contribution in [-0.2, 0) is 10.0 Å². The van der Waals surface area contributed by atoms with Gasteiger partial charge in [0.05, 0.1) is 16.3 Å². The van der Waals surface area contributed by atoms with E-state index < -0.39 is 10.0 Å². The third-order valence-electron chi connectivity index (χ3n) is 3.26. The van der Waals surface area contributed by atoms with Gasteiger partial charge in [0.2, 0.25) is 10.0 Å². The molecule has 1 aromatic carbocycles. The van der Waals surface area contributed by atoms with E-state index in [1.165, 1.54) is 18.4 Å². The van der Waals surface area contributed by atoms with Gasteiger partial charge in [-0.15, -0.1) is 0 Å². The van der Waals surface area contributed by atoms with Crippen LogP contribution >= 0.6 is 0 Å². The summed E-state index contributed by atoms with van der Waals surface area (Å²) in [6.45, 7) is 0. The maximum atomic E-state index is 12.1. The number of anilines is 2. The fourth-order valence-electron chi connectivity index (χ4n) is 1.86. The predicted molar refractivity (Wildman–Crippen MR) is 73.2 cm³/mol.